The summed E-state index contributed by atoms with van der Waals surface area (Å²) in [4.78, 5) is 12.1. The van der Waals surface area contributed by atoms with Crippen molar-refractivity contribution in [2.75, 3.05) is 0 Å². The second-order valence-electron chi connectivity index (χ2n) is 4.06. The molecule has 0 aliphatic rings. The third-order valence-corrected chi connectivity index (χ3v) is 3.73. The van der Waals surface area contributed by atoms with Gasteiger partial charge in [0.05, 0.1) is 0 Å². The van der Waals surface area contributed by atoms with Gasteiger partial charge in [0.15, 0.2) is 5.78 Å². The number of halogens is 1. The summed E-state index contributed by atoms with van der Waals surface area (Å²) in [5.41, 5.74) is 3.06. The van der Waals surface area contributed by atoms with Crippen LogP contribution in [-0.4, -0.2) is 5.78 Å². The quantitative estimate of drug-likeness (QED) is 0.611. The highest BCUT2D eigenvalue weighted by atomic mass is 127. The predicted octanol–water partition coefficient (Wildman–Crippen LogP) is 4.03. The first-order valence-corrected chi connectivity index (χ1v) is 6.58. The Morgan fingerprint density at radius 3 is 2.35 bits per heavy atom. The third kappa shape index (κ3) is 3.16. The minimum absolute atomic E-state index is 0.175. The van der Waals surface area contributed by atoms with Gasteiger partial charge in [0.2, 0.25) is 0 Å². The molecular weight excluding hydrogens is 323 g/mol. The first kappa shape index (κ1) is 12.3. The predicted molar refractivity (Wildman–Crippen MR) is 78.4 cm³/mol. The Balaban J connectivity index is 2.17. The lowest BCUT2D eigenvalue weighted by Crippen LogP contribution is -2.04. The number of ketones is 1. The van der Waals surface area contributed by atoms with Gasteiger partial charge in [-0.05, 0) is 41.1 Å². The van der Waals surface area contributed by atoms with Crippen molar-refractivity contribution in [3.63, 3.8) is 0 Å². The van der Waals surface area contributed by atoms with Crippen LogP contribution in [0.25, 0.3) is 0 Å². The Labute approximate surface area is 115 Å². The summed E-state index contributed by atoms with van der Waals surface area (Å²) in [6.07, 6.45) is 0.474. The fourth-order valence-electron chi connectivity index (χ4n) is 1.66. The molecule has 0 unspecified atom stereocenters. The van der Waals surface area contributed by atoms with Crippen molar-refractivity contribution in [1.29, 1.82) is 0 Å². The zero-order valence-corrected chi connectivity index (χ0v) is 11.8. The molecule has 0 bridgehead atoms. The van der Waals surface area contributed by atoms with Crippen LogP contribution >= 0.6 is 22.6 Å². The summed E-state index contributed by atoms with van der Waals surface area (Å²) in [6, 6.07) is 15.7. The van der Waals surface area contributed by atoms with Gasteiger partial charge in [-0.3, -0.25) is 4.79 Å². The molecule has 1 nitrogen and oxygen atoms in total. The second-order valence-corrected chi connectivity index (χ2v) is 5.22. The van der Waals surface area contributed by atoms with E-state index in [9.17, 15) is 4.79 Å². The molecule has 0 N–H and O–H groups in total. The molecule has 0 aliphatic heterocycles. The maximum Gasteiger partial charge on any atom is 0.167 e. The molecule has 2 heteroatoms. The van der Waals surface area contributed by atoms with Crippen LogP contribution in [0.5, 0.6) is 0 Å². The van der Waals surface area contributed by atoms with Gasteiger partial charge < -0.3 is 0 Å². The lowest BCUT2D eigenvalue weighted by atomic mass is 10.0. The number of hydrogen-bond acceptors (Lipinski definition) is 1. The summed E-state index contributed by atoms with van der Waals surface area (Å²) in [7, 11) is 0. The van der Waals surface area contributed by atoms with Crippen LogP contribution < -0.4 is 0 Å². The first-order chi connectivity index (χ1) is 8.16. The average Bonchev–Trinajstić information content (AvgIpc) is 2.33. The summed E-state index contributed by atoms with van der Waals surface area (Å²) in [6.45, 7) is 2.02. The van der Waals surface area contributed by atoms with Gasteiger partial charge in [-0.1, -0.05) is 48.0 Å². The fraction of sp³-hybridized carbons (Fsp3) is 0.133. The average molecular weight is 336 g/mol. The van der Waals surface area contributed by atoms with Crippen LogP contribution in [0.4, 0.5) is 0 Å². The zero-order chi connectivity index (χ0) is 12.3. The van der Waals surface area contributed by atoms with E-state index >= 15 is 0 Å². The first-order valence-electron chi connectivity index (χ1n) is 5.50. The maximum absolute atomic E-state index is 12.1. The number of carbonyl (C=O) groups is 1. The van der Waals surface area contributed by atoms with Crippen LogP contribution in [0.1, 0.15) is 21.5 Å². The van der Waals surface area contributed by atoms with Crippen LogP contribution in [0.2, 0.25) is 0 Å². The standard InChI is InChI=1S/C15H13IO/c1-11-6-8-12(9-7-11)15(17)10-13-4-2-3-5-14(13)16/h2-9H,10H2,1H3. The van der Waals surface area contributed by atoms with Gasteiger partial charge in [0.1, 0.15) is 0 Å². The van der Waals surface area contributed by atoms with E-state index in [0.29, 0.717) is 6.42 Å². The summed E-state index contributed by atoms with van der Waals surface area (Å²) >= 11 is 2.27. The van der Waals surface area contributed by atoms with E-state index in [-0.39, 0.29) is 5.78 Å². The number of aryl methyl sites for hydroxylation is 1. The number of rotatable bonds is 3. The molecule has 0 aliphatic carbocycles. The highest BCUT2D eigenvalue weighted by Gasteiger charge is 2.08. The van der Waals surface area contributed by atoms with Crippen molar-refractivity contribution in [3.05, 3.63) is 68.8 Å². The van der Waals surface area contributed by atoms with Gasteiger partial charge in [-0.15, -0.1) is 0 Å². The Hall–Kier alpha value is -1.16. The number of carbonyl (C=O) groups excluding carboxylic acids is 1. The van der Waals surface area contributed by atoms with E-state index in [2.05, 4.69) is 22.6 Å². The highest BCUT2D eigenvalue weighted by molar-refractivity contribution is 14.1. The maximum atomic E-state index is 12.1. The van der Waals surface area contributed by atoms with E-state index in [4.69, 9.17) is 0 Å². The molecule has 2 rings (SSSR count). The monoisotopic (exact) mass is 336 g/mol. The molecule has 0 saturated carbocycles. The normalized spacial score (nSPS) is 10.2. The lowest BCUT2D eigenvalue weighted by molar-refractivity contribution is 0.0993. The Morgan fingerprint density at radius 1 is 1.06 bits per heavy atom. The molecule has 0 aromatic heterocycles. The number of hydrogen-bond donors (Lipinski definition) is 0. The molecule has 0 amide bonds. The van der Waals surface area contributed by atoms with Crippen molar-refractivity contribution in [2.45, 2.75) is 13.3 Å². The molecule has 86 valence electrons. The SMILES string of the molecule is Cc1ccc(C(=O)Cc2ccccc2I)cc1. The van der Waals surface area contributed by atoms with Gasteiger partial charge in [-0.2, -0.15) is 0 Å². The van der Waals surface area contributed by atoms with Crippen molar-refractivity contribution in [3.8, 4) is 0 Å². The van der Waals surface area contributed by atoms with E-state index in [0.717, 1.165) is 14.7 Å². The van der Waals surface area contributed by atoms with Gasteiger partial charge in [0.25, 0.3) is 0 Å². The Morgan fingerprint density at radius 2 is 1.71 bits per heavy atom. The number of Topliss-reactive ketones (excluding diaryl/α,β-unsaturated/α-hetero) is 1. The van der Waals surface area contributed by atoms with Gasteiger partial charge in [-0.25, -0.2) is 0 Å². The minimum atomic E-state index is 0.175. The van der Waals surface area contributed by atoms with Crippen molar-refractivity contribution >= 4 is 28.4 Å². The zero-order valence-electron chi connectivity index (χ0n) is 9.61. The summed E-state index contributed by atoms with van der Waals surface area (Å²) in [5, 5.41) is 0. The largest absolute Gasteiger partial charge is 0.294 e. The summed E-state index contributed by atoms with van der Waals surface area (Å²) in [5.74, 6) is 0.175. The van der Waals surface area contributed by atoms with Gasteiger partial charge >= 0.3 is 0 Å². The van der Waals surface area contributed by atoms with Crippen molar-refractivity contribution < 1.29 is 4.79 Å². The second kappa shape index (κ2) is 5.45. The van der Waals surface area contributed by atoms with E-state index in [1.165, 1.54) is 5.56 Å². The molecular formula is C15H13IO. The molecule has 0 atom stereocenters. The molecule has 0 heterocycles. The van der Waals surface area contributed by atoms with Gasteiger partial charge in [0, 0.05) is 15.6 Å². The van der Waals surface area contributed by atoms with E-state index < -0.39 is 0 Å². The molecule has 2 aromatic carbocycles. The van der Waals surface area contributed by atoms with Crippen LogP contribution in [0, 0.1) is 10.5 Å². The van der Waals surface area contributed by atoms with Crippen LogP contribution in [-0.2, 0) is 6.42 Å². The van der Waals surface area contributed by atoms with Crippen LogP contribution in [0.15, 0.2) is 48.5 Å². The topological polar surface area (TPSA) is 17.1 Å². The Bertz CT molecular complexity index is 529. The third-order valence-electron chi connectivity index (χ3n) is 2.68. The molecule has 2 aromatic rings. The summed E-state index contributed by atoms with van der Waals surface area (Å²) < 4.78 is 1.14. The minimum Gasteiger partial charge on any atom is -0.294 e. The Kier molecular flexibility index (Phi) is 3.94. The van der Waals surface area contributed by atoms with E-state index in [1.54, 1.807) is 0 Å². The lowest BCUT2D eigenvalue weighted by Gasteiger charge is -2.04. The van der Waals surface area contributed by atoms with Crippen LogP contribution in [0.3, 0.4) is 0 Å². The fourth-order valence-corrected chi connectivity index (χ4v) is 2.23. The number of benzene rings is 2. The molecule has 0 saturated heterocycles. The van der Waals surface area contributed by atoms with Crippen molar-refractivity contribution in [2.24, 2.45) is 0 Å². The highest BCUT2D eigenvalue weighted by Crippen LogP contribution is 2.14. The van der Waals surface area contributed by atoms with Crippen molar-refractivity contribution in [1.82, 2.24) is 0 Å². The molecule has 0 spiro atoms. The molecule has 0 fully saturated rings. The molecule has 0 radical (unpaired) electrons. The van der Waals surface area contributed by atoms with E-state index in [1.807, 2.05) is 55.5 Å². The molecule has 17 heavy (non-hydrogen) atoms. The smallest absolute Gasteiger partial charge is 0.167 e.